The van der Waals surface area contributed by atoms with Crippen molar-refractivity contribution in [2.75, 3.05) is 6.61 Å². The van der Waals surface area contributed by atoms with Crippen LogP contribution in [0.5, 0.6) is 0 Å². The van der Waals surface area contributed by atoms with Gasteiger partial charge in [0.2, 0.25) is 0 Å². The molecule has 0 aliphatic carbocycles. The van der Waals surface area contributed by atoms with E-state index in [-0.39, 0.29) is 18.4 Å². The van der Waals surface area contributed by atoms with Gasteiger partial charge in [-0.15, -0.1) is 0 Å². The average molecular weight is 313 g/mol. The number of carbonyl (C=O) groups is 1. The summed E-state index contributed by atoms with van der Waals surface area (Å²) in [4.78, 5) is 16.7. The molecule has 3 rings (SSSR count). The molecule has 7 nitrogen and oxygen atoms in total. The number of carbonyl (C=O) groups excluding carboxylic acids is 1. The summed E-state index contributed by atoms with van der Waals surface area (Å²) >= 11 is 0. The standard InChI is InChI=1S/C16H15N3O4/c1-10-17-16(23-19-10)12-6-3-2-5-11(12)15(21)18-13(9-20)14-7-4-8-22-14/h2-8,13,20H,9H2,1H3,(H,18,21). The Labute approximate surface area is 131 Å². The van der Waals surface area contributed by atoms with E-state index in [1.54, 1.807) is 43.3 Å². The Morgan fingerprint density at radius 2 is 2.13 bits per heavy atom. The van der Waals surface area contributed by atoms with Crippen molar-refractivity contribution < 1.29 is 18.8 Å². The molecule has 0 saturated heterocycles. The molecule has 0 saturated carbocycles. The van der Waals surface area contributed by atoms with Gasteiger partial charge in [0.05, 0.1) is 24.0 Å². The minimum atomic E-state index is -0.630. The summed E-state index contributed by atoms with van der Waals surface area (Å²) in [5.74, 6) is 0.865. The normalized spacial score (nSPS) is 12.1. The number of hydrogen-bond acceptors (Lipinski definition) is 6. The molecular weight excluding hydrogens is 298 g/mol. The summed E-state index contributed by atoms with van der Waals surface area (Å²) in [5.41, 5.74) is 0.905. The first-order chi connectivity index (χ1) is 11.2. The number of furan rings is 1. The zero-order valence-electron chi connectivity index (χ0n) is 12.4. The van der Waals surface area contributed by atoms with Crippen LogP contribution in [0.25, 0.3) is 11.5 Å². The predicted octanol–water partition coefficient (Wildman–Crippen LogP) is 2.10. The van der Waals surface area contributed by atoms with Crippen LogP contribution in [0, 0.1) is 6.92 Å². The highest BCUT2D eigenvalue weighted by molar-refractivity contribution is 6.00. The predicted molar refractivity (Wildman–Crippen MR) is 80.5 cm³/mol. The number of aromatic nitrogens is 2. The Balaban J connectivity index is 1.88. The van der Waals surface area contributed by atoms with Gasteiger partial charge in [-0.3, -0.25) is 4.79 Å². The Bertz CT molecular complexity index is 795. The molecule has 0 radical (unpaired) electrons. The van der Waals surface area contributed by atoms with Crippen LogP contribution in [0.1, 0.15) is 28.0 Å². The molecule has 3 aromatic rings. The van der Waals surface area contributed by atoms with Gasteiger partial charge in [0.25, 0.3) is 11.8 Å². The SMILES string of the molecule is Cc1noc(-c2ccccc2C(=O)NC(CO)c2ccco2)n1. The van der Waals surface area contributed by atoms with Crippen molar-refractivity contribution >= 4 is 5.91 Å². The van der Waals surface area contributed by atoms with Crippen LogP contribution >= 0.6 is 0 Å². The Hall–Kier alpha value is -2.93. The summed E-state index contributed by atoms with van der Waals surface area (Å²) < 4.78 is 10.4. The Kier molecular flexibility index (Phi) is 4.20. The zero-order chi connectivity index (χ0) is 16.2. The first kappa shape index (κ1) is 15.0. The molecule has 0 aliphatic heterocycles. The number of aliphatic hydroxyl groups excluding tert-OH is 1. The minimum absolute atomic E-state index is 0.270. The number of rotatable bonds is 5. The summed E-state index contributed by atoms with van der Waals surface area (Å²) in [6, 6.07) is 9.65. The lowest BCUT2D eigenvalue weighted by molar-refractivity contribution is 0.0907. The lowest BCUT2D eigenvalue weighted by Gasteiger charge is -2.14. The molecule has 0 spiro atoms. The van der Waals surface area contributed by atoms with Crippen molar-refractivity contribution in [1.29, 1.82) is 0 Å². The van der Waals surface area contributed by atoms with Gasteiger partial charge in [-0.1, -0.05) is 17.3 Å². The number of nitrogens with zero attached hydrogens (tertiary/aromatic N) is 2. The van der Waals surface area contributed by atoms with Gasteiger partial charge in [-0.25, -0.2) is 0 Å². The third kappa shape index (κ3) is 3.14. The maximum absolute atomic E-state index is 12.6. The van der Waals surface area contributed by atoms with Crippen LogP contribution < -0.4 is 5.32 Å². The van der Waals surface area contributed by atoms with Crippen molar-refractivity contribution in [2.45, 2.75) is 13.0 Å². The molecule has 0 bridgehead atoms. The van der Waals surface area contributed by atoms with E-state index < -0.39 is 6.04 Å². The molecule has 0 fully saturated rings. The third-order valence-corrected chi connectivity index (χ3v) is 3.30. The molecule has 1 unspecified atom stereocenters. The molecule has 2 aromatic heterocycles. The lowest BCUT2D eigenvalue weighted by atomic mass is 10.1. The van der Waals surface area contributed by atoms with E-state index in [2.05, 4.69) is 15.5 Å². The van der Waals surface area contributed by atoms with Crippen molar-refractivity contribution in [3.8, 4) is 11.5 Å². The van der Waals surface area contributed by atoms with Crippen LogP contribution in [-0.2, 0) is 0 Å². The number of aryl methyl sites for hydroxylation is 1. The molecule has 7 heteroatoms. The van der Waals surface area contributed by atoms with Gasteiger partial charge in [0, 0.05) is 0 Å². The number of amides is 1. The molecule has 0 aliphatic rings. The molecule has 1 amide bonds. The largest absolute Gasteiger partial charge is 0.467 e. The molecule has 2 heterocycles. The third-order valence-electron chi connectivity index (χ3n) is 3.30. The lowest BCUT2D eigenvalue weighted by Crippen LogP contribution is -2.30. The first-order valence-electron chi connectivity index (χ1n) is 7.04. The summed E-state index contributed by atoms with van der Waals surface area (Å²) in [6.45, 7) is 1.43. The summed E-state index contributed by atoms with van der Waals surface area (Å²) in [6.07, 6.45) is 1.49. The molecule has 1 atom stereocenters. The van der Waals surface area contributed by atoms with E-state index in [9.17, 15) is 9.90 Å². The van der Waals surface area contributed by atoms with Gasteiger partial charge in [0.15, 0.2) is 5.82 Å². The van der Waals surface area contributed by atoms with Gasteiger partial charge in [-0.2, -0.15) is 4.98 Å². The molecular formula is C16H15N3O4. The van der Waals surface area contributed by atoms with Crippen molar-refractivity contribution in [3.63, 3.8) is 0 Å². The van der Waals surface area contributed by atoms with Crippen LogP contribution in [0.15, 0.2) is 51.6 Å². The first-order valence-corrected chi connectivity index (χ1v) is 7.04. The second-order valence-electron chi connectivity index (χ2n) is 4.92. The average Bonchev–Trinajstić information content (AvgIpc) is 3.24. The smallest absolute Gasteiger partial charge is 0.258 e. The van der Waals surface area contributed by atoms with Crippen LogP contribution in [-0.4, -0.2) is 27.8 Å². The highest BCUT2D eigenvalue weighted by Gasteiger charge is 2.21. The summed E-state index contributed by atoms with van der Waals surface area (Å²) in [5, 5.41) is 15.9. The highest BCUT2D eigenvalue weighted by Crippen LogP contribution is 2.23. The topological polar surface area (TPSA) is 101 Å². The molecule has 1 aromatic carbocycles. The Morgan fingerprint density at radius 3 is 2.78 bits per heavy atom. The molecule has 118 valence electrons. The van der Waals surface area contributed by atoms with Crippen molar-refractivity contribution in [1.82, 2.24) is 15.5 Å². The Morgan fingerprint density at radius 1 is 1.30 bits per heavy atom. The molecule has 23 heavy (non-hydrogen) atoms. The fourth-order valence-electron chi connectivity index (χ4n) is 2.21. The van der Waals surface area contributed by atoms with E-state index in [0.717, 1.165) is 0 Å². The van der Waals surface area contributed by atoms with E-state index >= 15 is 0 Å². The second kappa shape index (κ2) is 6.45. The van der Waals surface area contributed by atoms with Gasteiger partial charge < -0.3 is 19.4 Å². The van der Waals surface area contributed by atoms with Crippen LogP contribution in [0.3, 0.4) is 0 Å². The quantitative estimate of drug-likeness (QED) is 0.748. The van der Waals surface area contributed by atoms with Gasteiger partial charge in [-0.05, 0) is 31.2 Å². The van der Waals surface area contributed by atoms with E-state index in [4.69, 9.17) is 8.94 Å². The maximum Gasteiger partial charge on any atom is 0.258 e. The monoisotopic (exact) mass is 313 g/mol. The second-order valence-corrected chi connectivity index (χ2v) is 4.92. The fraction of sp³-hybridized carbons (Fsp3) is 0.188. The van der Waals surface area contributed by atoms with Crippen LogP contribution in [0.2, 0.25) is 0 Å². The minimum Gasteiger partial charge on any atom is -0.467 e. The van der Waals surface area contributed by atoms with Gasteiger partial charge >= 0.3 is 0 Å². The number of benzene rings is 1. The summed E-state index contributed by atoms with van der Waals surface area (Å²) in [7, 11) is 0. The van der Waals surface area contributed by atoms with E-state index in [1.807, 2.05) is 0 Å². The van der Waals surface area contributed by atoms with Gasteiger partial charge in [0.1, 0.15) is 11.8 Å². The molecule has 2 N–H and O–H groups in total. The van der Waals surface area contributed by atoms with Crippen molar-refractivity contribution in [2.24, 2.45) is 0 Å². The van der Waals surface area contributed by atoms with E-state index in [1.165, 1.54) is 6.26 Å². The number of nitrogens with one attached hydrogen (secondary N) is 1. The fourth-order valence-corrected chi connectivity index (χ4v) is 2.21. The number of hydrogen-bond donors (Lipinski definition) is 2. The highest BCUT2D eigenvalue weighted by atomic mass is 16.5. The van der Waals surface area contributed by atoms with Crippen LogP contribution in [0.4, 0.5) is 0 Å². The van der Waals surface area contributed by atoms with E-state index in [0.29, 0.717) is 22.7 Å². The number of aliphatic hydroxyl groups is 1. The zero-order valence-corrected chi connectivity index (χ0v) is 12.4. The van der Waals surface area contributed by atoms with Crippen molar-refractivity contribution in [3.05, 3.63) is 59.8 Å². The maximum atomic E-state index is 12.6.